The smallest absolute Gasteiger partial charge is 0.271 e. The highest BCUT2D eigenvalue weighted by molar-refractivity contribution is 6.07. The number of hydrazine groups is 1. The minimum absolute atomic E-state index is 0.236. The highest BCUT2D eigenvalue weighted by atomic mass is 16.2. The fourth-order valence-electron chi connectivity index (χ4n) is 2.52. The number of fused-ring (bicyclic) bond motifs is 1. The number of hydrogen-bond donors (Lipinski definition) is 3. The van der Waals surface area contributed by atoms with Crippen molar-refractivity contribution in [3.63, 3.8) is 0 Å². The molecule has 6 nitrogen and oxygen atoms in total. The number of carbonyl (C=O) groups is 2. The molecule has 0 unspecified atom stereocenters. The van der Waals surface area contributed by atoms with E-state index in [0.717, 1.165) is 16.5 Å². The van der Waals surface area contributed by atoms with Gasteiger partial charge in [-0.25, -0.2) is 0 Å². The van der Waals surface area contributed by atoms with E-state index in [1.165, 1.54) is 0 Å². The van der Waals surface area contributed by atoms with Gasteiger partial charge in [0.15, 0.2) is 0 Å². The molecule has 1 heterocycles. The van der Waals surface area contributed by atoms with Crippen molar-refractivity contribution in [3.05, 3.63) is 71.4 Å². The Hall–Kier alpha value is -3.59. The number of aromatic nitrogens is 1. The Balaban J connectivity index is 1.51. The molecule has 0 bridgehead atoms. The first-order valence-electron chi connectivity index (χ1n) is 7.82. The van der Waals surface area contributed by atoms with Crippen molar-refractivity contribution in [3.8, 4) is 6.07 Å². The molecule has 6 heteroatoms. The summed E-state index contributed by atoms with van der Waals surface area (Å²) in [4.78, 5) is 27.1. The minimum atomic E-state index is -0.371. The van der Waals surface area contributed by atoms with Crippen molar-refractivity contribution < 1.29 is 9.59 Å². The Bertz CT molecular complexity index is 951. The number of nitrogens with one attached hydrogen (secondary N) is 3. The molecule has 0 atom stereocenters. The molecule has 0 aliphatic heterocycles. The summed E-state index contributed by atoms with van der Waals surface area (Å²) in [5.41, 5.74) is 7.73. The summed E-state index contributed by atoms with van der Waals surface area (Å²) in [6.45, 7) is 0. The quantitative estimate of drug-likeness (QED) is 0.640. The van der Waals surface area contributed by atoms with Gasteiger partial charge in [0, 0.05) is 23.5 Å². The van der Waals surface area contributed by atoms with Gasteiger partial charge in [-0.3, -0.25) is 20.4 Å². The molecule has 0 radical (unpaired) electrons. The van der Waals surface area contributed by atoms with Gasteiger partial charge in [-0.1, -0.05) is 30.3 Å². The van der Waals surface area contributed by atoms with Gasteiger partial charge in [0.25, 0.3) is 5.91 Å². The van der Waals surface area contributed by atoms with Crippen LogP contribution in [0.3, 0.4) is 0 Å². The summed E-state index contributed by atoms with van der Waals surface area (Å²) in [6, 6.07) is 16.6. The van der Waals surface area contributed by atoms with Crippen LogP contribution in [0.1, 0.15) is 27.9 Å². The van der Waals surface area contributed by atoms with Gasteiger partial charge in [0.05, 0.1) is 17.2 Å². The Kier molecular flexibility index (Phi) is 4.77. The van der Waals surface area contributed by atoms with Gasteiger partial charge in [-0.15, -0.1) is 0 Å². The molecule has 25 heavy (non-hydrogen) atoms. The van der Waals surface area contributed by atoms with E-state index in [0.29, 0.717) is 17.5 Å². The fourth-order valence-corrected chi connectivity index (χ4v) is 2.52. The van der Waals surface area contributed by atoms with Crippen LogP contribution in [-0.4, -0.2) is 16.8 Å². The molecule has 0 aliphatic rings. The van der Waals surface area contributed by atoms with Crippen LogP contribution >= 0.6 is 0 Å². The van der Waals surface area contributed by atoms with E-state index in [1.807, 2.05) is 42.5 Å². The van der Waals surface area contributed by atoms with Crippen molar-refractivity contribution in [1.82, 2.24) is 15.8 Å². The third-order valence-corrected chi connectivity index (χ3v) is 3.87. The van der Waals surface area contributed by atoms with E-state index in [-0.39, 0.29) is 18.2 Å². The Morgan fingerprint density at radius 1 is 1.04 bits per heavy atom. The first-order chi connectivity index (χ1) is 12.2. The van der Waals surface area contributed by atoms with Crippen LogP contribution in [0.2, 0.25) is 0 Å². The highest BCUT2D eigenvalue weighted by Crippen LogP contribution is 2.17. The van der Waals surface area contributed by atoms with Crippen molar-refractivity contribution in [1.29, 1.82) is 5.26 Å². The lowest BCUT2D eigenvalue weighted by Crippen LogP contribution is -2.41. The fraction of sp³-hybridized carbons (Fsp3) is 0.105. The third kappa shape index (κ3) is 3.85. The third-order valence-electron chi connectivity index (χ3n) is 3.87. The lowest BCUT2D eigenvalue weighted by molar-refractivity contribution is -0.121. The van der Waals surface area contributed by atoms with Gasteiger partial charge in [-0.05, 0) is 30.2 Å². The van der Waals surface area contributed by atoms with Crippen LogP contribution in [0.15, 0.2) is 54.7 Å². The maximum Gasteiger partial charge on any atom is 0.271 e. The number of amides is 2. The lowest BCUT2D eigenvalue weighted by Gasteiger charge is -2.07. The number of aromatic amines is 1. The summed E-state index contributed by atoms with van der Waals surface area (Å²) in [6.07, 6.45) is 2.38. The van der Waals surface area contributed by atoms with E-state index in [2.05, 4.69) is 15.8 Å². The maximum absolute atomic E-state index is 12.2. The SMILES string of the molecule is N#Cc1ccc(CCC(=O)NNC(=O)c2c[nH]c3ccccc23)cc1. The number of aryl methyl sites for hydroxylation is 1. The number of H-pyrrole nitrogens is 1. The maximum atomic E-state index is 12.2. The molecular weight excluding hydrogens is 316 g/mol. The average Bonchev–Trinajstić information content (AvgIpc) is 3.09. The van der Waals surface area contributed by atoms with Gasteiger partial charge >= 0.3 is 0 Å². The molecule has 0 saturated heterocycles. The lowest BCUT2D eigenvalue weighted by atomic mass is 10.1. The van der Waals surface area contributed by atoms with Crippen molar-refractivity contribution in [2.75, 3.05) is 0 Å². The van der Waals surface area contributed by atoms with Crippen molar-refractivity contribution in [2.45, 2.75) is 12.8 Å². The number of benzene rings is 2. The summed E-state index contributed by atoms with van der Waals surface area (Å²) in [7, 11) is 0. The highest BCUT2D eigenvalue weighted by Gasteiger charge is 2.12. The monoisotopic (exact) mass is 332 g/mol. The Labute approximate surface area is 144 Å². The summed E-state index contributed by atoms with van der Waals surface area (Å²) < 4.78 is 0. The molecule has 2 aromatic carbocycles. The number of nitriles is 1. The average molecular weight is 332 g/mol. The van der Waals surface area contributed by atoms with E-state index in [9.17, 15) is 9.59 Å². The zero-order valence-corrected chi connectivity index (χ0v) is 13.4. The van der Waals surface area contributed by atoms with Crippen LogP contribution in [0.5, 0.6) is 0 Å². The first kappa shape index (κ1) is 16.3. The molecule has 2 amide bonds. The molecule has 0 aliphatic carbocycles. The Morgan fingerprint density at radius 3 is 2.56 bits per heavy atom. The van der Waals surface area contributed by atoms with Crippen LogP contribution in [0.25, 0.3) is 10.9 Å². The first-order valence-corrected chi connectivity index (χ1v) is 7.82. The molecule has 0 saturated carbocycles. The zero-order chi connectivity index (χ0) is 17.6. The zero-order valence-electron chi connectivity index (χ0n) is 13.4. The van der Waals surface area contributed by atoms with Gasteiger partial charge < -0.3 is 4.98 Å². The molecule has 1 aromatic heterocycles. The van der Waals surface area contributed by atoms with Crippen LogP contribution in [-0.2, 0) is 11.2 Å². The Morgan fingerprint density at radius 2 is 1.80 bits per heavy atom. The molecular formula is C19H16N4O2. The van der Waals surface area contributed by atoms with E-state index < -0.39 is 0 Å². The molecule has 3 N–H and O–H groups in total. The number of carbonyl (C=O) groups excluding carboxylic acids is 2. The van der Waals surface area contributed by atoms with Gasteiger partial charge in [-0.2, -0.15) is 5.26 Å². The number of hydrogen-bond acceptors (Lipinski definition) is 3. The predicted molar refractivity (Wildman–Crippen MR) is 93.4 cm³/mol. The second-order valence-corrected chi connectivity index (χ2v) is 5.56. The summed E-state index contributed by atoms with van der Waals surface area (Å²) >= 11 is 0. The molecule has 3 aromatic rings. The van der Waals surface area contributed by atoms with Gasteiger partial charge in [0.1, 0.15) is 0 Å². The summed E-state index contributed by atoms with van der Waals surface area (Å²) in [5, 5.41) is 9.55. The number of para-hydroxylation sites is 1. The van der Waals surface area contributed by atoms with Crippen molar-refractivity contribution in [2.24, 2.45) is 0 Å². The van der Waals surface area contributed by atoms with Crippen LogP contribution in [0.4, 0.5) is 0 Å². The number of rotatable bonds is 4. The minimum Gasteiger partial charge on any atom is -0.360 e. The normalized spacial score (nSPS) is 10.2. The van der Waals surface area contributed by atoms with E-state index in [4.69, 9.17) is 5.26 Å². The van der Waals surface area contributed by atoms with Crippen molar-refractivity contribution >= 4 is 22.7 Å². The summed E-state index contributed by atoms with van der Waals surface area (Å²) in [5.74, 6) is -0.651. The second kappa shape index (κ2) is 7.32. The molecule has 0 spiro atoms. The molecule has 124 valence electrons. The van der Waals surface area contributed by atoms with E-state index in [1.54, 1.807) is 18.3 Å². The largest absolute Gasteiger partial charge is 0.360 e. The van der Waals surface area contributed by atoms with Gasteiger partial charge in [0.2, 0.25) is 5.91 Å². The van der Waals surface area contributed by atoms with Crippen LogP contribution < -0.4 is 10.9 Å². The van der Waals surface area contributed by atoms with Crippen LogP contribution in [0, 0.1) is 11.3 Å². The number of nitrogens with zero attached hydrogens (tertiary/aromatic N) is 1. The van der Waals surface area contributed by atoms with E-state index >= 15 is 0 Å². The predicted octanol–water partition coefficient (Wildman–Crippen LogP) is 2.43. The topological polar surface area (TPSA) is 97.8 Å². The standard InChI is InChI=1S/C19H16N4O2/c20-11-14-7-5-13(6-8-14)9-10-18(24)22-23-19(25)16-12-21-17-4-2-1-3-15(16)17/h1-8,12,21H,9-10H2,(H,22,24)(H,23,25). The molecule has 0 fully saturated rings. The molecule has 3 rings (SSSR count). The second-order valence-electron chi connectivity index (χ2n) is 5.56.